The van der Waals surface area contributed by atoms with Gasteiger partial charge in [-0.3, -0.25) is 10.4 Å². The quantitative estimate of drug-likeness (QED) is 0.690. The molecule has 0 bridgehead atoms. The molecule has 8 nitrogen and oxygen atoms in total. The van der Waals surface area contributed by atoms with E-state index in [0.29, 0.717) is 0 Å². The molecule has 18 heavy (non-hydrogen) atoms. The number of rotatable bonds is 5. The van der Waals surface area contributed by atoms with Gasteiger partial charge in [0.05, 0.1) is 27.3 Å². The fourth-order valence-corrected chi connectivity index (χ4v) is 1.50. The summed E-state index contributed by atoms with van der Waals surface area (Å²) in [5, 5.41) is 28.7. The van der Waals surface area contributed by atoms with Crippen molar-refractivity contribution >= 4 is 11.7 Å². The fourth-order valence-electron chi connectivity index (χ4n) is 1.50. The summed E-state index contributed by atoms with van der Waals surface area (Å²) in [4.78, 5) is 11.0. The number of ether oxygens (including phenoxy) is 3. The zero-order valence-corrected chi connectivity index (χ0v) is 9.96. The van der Waals surface area contributed by atoms with Gasteiger partial charge >= 0.3 is 0 Å². The first-order valence-electron chi connectivity index (χ1n) is 4.70. The van der Waals surface area contributed by atoms with Gasteiger partial charge in [0.15, 0.2) is 11.5 Å². The van der Waals surface area contributed by atoms with Crippen molar-refractivity contribution in [3.8, 4) is 17.2 Å². The van der Waals surface area contributed by atoms with Crippen molar-refractivity contribution in [1.29, 1.82) is 0 Å². The molecular weight excluding hydrogens is 246 g/mol. The van der Waals surface area contributed by atoms with Crippen molar-refractivity contribution in [3.63, 3.8) is 0 Å². The molecule has 0 aliphatic rings. The molecule has 8 heteroatoms. The van der Waals surface area contributed by atoms with Crippen molar-refractivity contribution in [2.45, 2.75) is 0 Å². The molecule has 0 saturated heterocycles. The maximum absolute atomic E-state index is 11.0. The van der Waals surface area contributed by atoms with Gasteiger partial charge in [0.25, 0.3) is 0 Å². The summed E-state index contributed by atoms with van der Waals surface area (Å²) in [5.41, 5.74) is -1.04. The van der Waals surface area contributed by atoms with Crippen molar-refractivity contribution in [1.82, 2.24) is 0 Å². The summed E-state index contributed by atoms with van der Waals surface area (Å²) in [6.45, 7) is 0. The predicted octanol–water partition coefficient (Wildman–Crippen LogP) is -0.339. The van der Waals surface area contributed by atoms with Crippen molar-refractivity contribution < 1.29 is 34.5 Å². The topological polar surface area (TPSA) is 112 Å². The molecule has 0 saturated carbocycles. The van der Waals surface area contributed by atoms with E-state index in [1.54, 1.807) is 0 Å². The molecule has 2 N–H and O–H groups in total. The van der Waals surface area contributed by atoms with Gasteiger partial charge in [0, 0.05) is 5.56 Å². The molecule has 0 heterocycles. The van der Waals surface area contributed by atoms with Gasteiger partial charge in [-0.05, 0) is 6.07 Å². The number of benzene rings is 1. The Labute approximate surface area is 102 Å². The van der Waals surface area contributed by atoms with E-state index in [-0.39, 0.29) is 22.5 Å². The second-order valence-corrected chi connectivity index (χ2v) is 3.12. The number of carbonyl (C=O) groups excluding carboxylic acids is 1. The Balaban J connectivity index is 3.69. The Hall–Kier alpha value is -2.19. The van der Waals surface area contributed by atoms with Gasteiger partial charge in [0.2, 0.25) is 5.75 Å². The average Bonchev–Trinajstić information content (AvgIpc) is 2.35. The average molecular weight is 258 g/mol. The zero-order chi connectivity index (χ0) is 13.9. The molecule has 0 aliphatic heterocycles. The highest BCUT2D eigenvalue weighted by Crippen LogP contribution is 2.45. The van der Waals surface area contributed by atoms with Gasteiger partial charge in [-0.2, -0.15) is 0 Å². The van der Waals surface area contributed by atoms with Crippen molar-refractivity contribution in [2.75, 3.05) is 26.6 Å². The van der Waals surface area contributed by atoms with Crippen LogP contribution in [0.25, 0.3) is 0 Å². The highest BCUT2D eigenvalue weighted by atomic mass is 16.8. The first-order valence-corrected chi connectivity index (χ1v) is 4.70. The van der Waals surface area contributed by atoms with E-state index >= 15 is 0 Å². The largest absolute Gasteiger partial charge is 0.545 e. The minimum Gasteiger partial charge on any atom is -0.545 e. The molecule has 0 amide bonds. The van der Waals surface area contributed by atoms with Gasteiger partial charge in [-0.1, -0.05) is 0 Å². The number of hydrogen-bond acceptors (Lipinski definition) is 8. The van der Waals surface area contributed by atoms with Crippen molar-refractivity contribution in [3.05, 3.63) is 11.6 Å². The Kier molecular flexibility index (Phi) is 4.18. The molecule has 100 valence electrons. The minimum absolute atomic E-state index is 0.0214. The number of carbonyl (C=O) groups is 1. The molecule has 0 aliphatic carbocycles. The lowest BCUT2D eigenvalue weighted by atomic mass is 10.1. The minimum atomic E-state index is -1.63. The lowest BCUT2D eigenvalue weighted by molar-refractivity contribution is -0.255. The number of hydrogen-bond donors (Lipinski definition) is 2. The molecule has 0 radical (unpaired) electrons. The standard InChI is InChI=1S/C10H13NO7/c1-16-6-4-5(10(12)13)7(11(14)15)9(18-3)8(6)17-2/h4,14-15H,1-3H3,(H,12,13)/p-1. The second-order valence-electron chi connectivity index (χ2n) is 3.12. The smallest absolute Gasteiger partial charge is 0.205 e. The third-order valence-corrected chi connectivity index (χ3v) is 2.22. The van der Waals surface area contributed by atoms with Crippen LogP contribution in [0.2, 0.25) is 0 Å². The van der Waals surface area contributed by atoms with Crippen molar-refractivity contribution in [2.24, 2.45) is 0 Å². The molecule has 1 aromatic rings. The second kappa shape index (κ2) is 5.43. The van der Waals surface area contributed by atoms with Crippen LogP contribution in [0.3, 0.4) is 0 Å². The molecule has 0 atom stereocenters. The Morgan fingerprint density at radius 2 is 1.72 bits per heavy atom. The normalized spacial score (nSPS) is 9.83. The Morgan fingerprint density at radius 3 is 2.06 bits per heavy atom. The van der Waals surface area contributed by atoms with Crippen LogP contribution in [0.1, 0.15) is 10.4 Å². The molecule has 0 spiro atoms. The summed E-state index contributed by atoms with van der Waals surface area (Å²) in [6.07, 6.45) is 0. The maximum atomic E-state index is 11.0. The number of nitrogens with zero attached hydrogens (tertiary/aromatic N) is 1. The zero-order valence-electron chi connectivity index (χ0n) is 9.96. The van der Waals surface area contributed by atoms with E-state index in [1.165, 1.54) is 21.3 Å². The van der Waals surface area contributed by atoms with Crippen LogP contribution in [0.4, 0.5) is 5.69 Å². The summed E-state index contributed by atoms with van der Waals surface area (Å²) < 4.78 is 14.8. The van der Waals surface area contributed by atoms with Gasteiger partial charge in [-0.15, -0.1) is 5.23 Å². The first kappa shape index (κ1) is 13.9. The lowest BCUT2D eigenvalue weighted by Gasteiger charge is -2.21. The van der Waals surface area contributed by atoms with Crippen LogP contribution in [-0.2, 0) is 0 Å². The van der Waals surface area contributed by atoms with Crippen LogP contribution in [-0.4, -0.2) is 37.7 Å². The molecule has 1 rings (SSSR count). The van der Waals surface area contributed by atoms with Crippen LogP contribution >= 0.6 is 0 Å². The van der Waals surface area contributed by atoms with E-state index in [4.69, 9.17) is 24.6 Å². The number of methoxy groups -OCH3 is 3. The fraction of sp³-hybridized carbons (Fsp3) is 0.300. The van der Waals surface area contributed by atoms with Gasteiger partial charge < -0.3 is 24.1 Å². The van der Waals surface area contributed by atoms with Gasteiger partial charge in [-0.25, -0.2) is 0 Å². The summed E-state index contributed by atoms with van der Waals surface area (Å²) in [5.74, 6) is -1.76. The van der Waals surface area contributed by atoms with Crippen LogP contribution in [0, 0.1) is 0 Å². The van der Waals surface area contributed by atoms with E-state index in [9.17, 15) is 9.90 Å². The SMILES string of the molecule is COc1cc(C(=O)[O-])c(N(O)O)c(OC)c1OC. The summed E-state index contributed by atoms with van der Waals surface area (Å²) in [6, 6.07) is 1.03. The monoisotopic (exact) mass is 258 g/mol. The predicted molar refractivity (Wildman–Crippen MR) is 56.5 cm³/mol. The highest BCUT2D eigenvalue weighted by molar-refractivity contribution is 5.96. The van der Waals surface area contributed by atoms with E-state index < -0.39 is 17.2 Å². The maximum Gasteiger partial charge on any atom is 0.205 e. The number of carboxylic acids is 1. The third kappa shape index (κ3) is 2.24. The van der Waals surface area contributed by atoms with E-state index in [2.05, 4.69) is 0 Å². The Morgan fingerprint density at radius 1 is 1.17 bits per heavy atom. The Bertz CT molecular complexity index is 458. The number of aromatic carboxylic acids is 1. The lowest BCUT2D eigenvalue weighted by Crippen LogP contribution is -2.26. The molecule has 0 unspecified atom stereocenters. The molecule has 0 fully saturated rings. The van der Waals surface area contributed by atoms with E-state index in [1.807, 2.05) is 0 Å². The van der Waals surface area contributed by atoms with Crippen LogP contribution in [0.15, 0.2) is 6.07 Å². The van der Waals surface area contributed by atoms with E-state index in [0.717, 1.165) is 6.07 Å². The van der Waals surface area contributed by atoms with Crippen LogP contribution < -0.4 is 24.5 Å². The molecular formula is C10H12NO7-. The summed E-state index contributed by atoms with van der Waals surface area (Å²) in [7, 11) is 3.80. The summed E-state index contributed by atoms with van der Waals surface area (Å²) >= 11 is 0. The molecule has 1 aromatic carbocycles. The number of carboxylic acid groups (broad SMARTS) is 1. The first-order chi connectivity index (χ1) is 8.47. The number of anilines is 1. The van der Waals surface area contributed by atoms with Crippen LogP contribution in [0.5, 0.6) is 17.2 Å². The highest BCUT2D eigenvalue weighted by Gasteiger charge is 2.24. The van der Waals surface area contributed by atoms with Gasteiger partial charge in [0.1, 0.15) is 5.69 Å². The third-order valence-electron chi connectivity index (χ3n) is 2.22. The molecule has 0 aromatic heterocycles.